The predicted molar refractivity (Wildman–Crippen MR) is 92.2 cm³/mol. The van der Waals surface area contributed by atoms with Gasteiger partial charge >= 0.3 is 6.03 Å². The average molecular weight is 345 g/mol. The van der Waals surface area contributed by atoms with E-state index in [2.05, 4.69) is 10.6 Å². The molecule has 2 unspecified atom stereocenters. The highest BCUT2D eigenvalue weighted by Crippen LogP contribution is 2.38. The van der Waals surface area contributed by atoms with Gasteiger partial charge in [-0.3, -0.25) is 14.5 Å². The van der Waals surface area contributed by atoms with E-state index in [1.807, 2.05) is 6.92 Å². The van der Waals surface area contributed by atoms with E-state index in [4.69, 9.17) is 4.74 Å². The average Bonchev–Trinajstić information content (AvgIpc) is 2.83. The van der Waals surface area contributed by atoms with Gasteiger partial charge in [-0.1, -0.05) is 19.8 Å². The SMILES string of the molecule is COc1ccc(NC(=O)CN2C(=O)NC3(CCCCC3C)C2=O)cc1. The molecule has 0 radical (unpaired) electrons. The van der Waals surface area contributed by atoms with Crippen molar-refractivity contribution in [1.29, 1.82) is 0 Å². The minimum Gasteiger partial charge on any atom is -0.497 e. The third-order valence-electron chi connectivity index (χ3n) is 5.18. The summed E-state index contributed by atoms with van der Waals surface area (Å²) in [6, 6.07) is 6.37. The number of ether oxygens (including phenoxy) is 1. The monoisotopic (exact) mass is 345 g/mol. The van der Waals surface area contributed by atoms with Gasteiger partial charge in [-0.15, -0.1) is 0 Å². The van der Waals surface area contributed by atoms with Gasteiger partial charge in [0.05, 0.1) is 7.11 Å². The fourth-order valence-electron chi connectivity index (χ4n) is 3.66. The van der Waals surface area contributed by atoms with Gasteiger partial charge in [0.15, 0.2) is 0 Å². The van der Waals surface area contributed by atoms with Crippen LogP contribution < -0.4 is 15.4 Å². The first-order valence-corrected chi connectivity index (χ1v) is 8.54. The lowest BCUT2D eigenvalue weighted by Crippen LogP contribution is -2.54. The van der Waals surface area contributed by atoms with Crippen LogP contribution in [0.2, 0.25) is 0 Å². The number of hydrogen-bond donors (Lipinski definition) is 2. The first-order valence-electron chi connectivity index (χ1n) is 8.54. The molecule has 2 fully saturated rings. The van der Waals surface area contributed by atoms with Crippen molar-refractivity contribution in [3.8, 4) is 5.75 Å². The molecule has 1 aliphatic carbocycles. The molecule has 1 heterocycles. The van der Waals surface area contributed by atoms with Crippen LogP contribution in [-0.2, 0) is 9.59 Å². The molecule has 7 nitrogen and oxygen atoms in total. The van der Waals surface area contributed by atoms with Gasteiger partial charge in [0.1, 0.15) is 17.8 Å². The number of urea groups is 1. The Hall–Kier alpha value is -2.57. The second-order valence-electron chi connectivity index (χ2n) is 6.72. The van der Waals surface area contributed by atoms with Gasteiger partial charge in [0.25, 0.3) is 5.91 Å². The lowest BCUT2D eigenvalue weighted by Gasteiger charge is -2.36. The molecule has 2 N–H and O–H groups in total. The maximum absolute atomic E-state index is 12.8. The molecule has 1 aromatic rings. The van der Waals surface area contributed by atoms with Crippen molar-refractivity contribution < 1.29 is 19.1 Å². The summed E-state index contributed by atoms with van der Waals surface area (Å²) < 4.78 is 5.07. The van der Waals surface area contributed by atoms with Crippen molar-refractivity contribution in [3.05, 3.63) is 24.3 Å². The van der Waals surface area contributed by atoms with E-state index < -0.39 is 17.5 Å². The summed E-state index contributed by atoms with van der Waals surface area (Å²) >= 11 is 0. The van der Waals surface area contributed by atoms with E-state index in [9.17, 15) is 14.4 Å². The number of methoxy groups -OCH3 is 1. The molecule has 2 atom stereocenters. The molecule has 1 saturated heterocycles. The smallest absolute Gasteiger partial charge is 0.325 e. The topological polar surface area (TPSA) is 87.7 Å². The highest BCUT2D eigenvalue weighted by Gasteiger charge is 2.55. The van der Waals surface area contributed by atoms with Crippen LogP contribution in [0.4, 0.5) is 10.5 Å². The number of amides is 4. The normalized spacial score (nSPS) is 25.8. The summed E-state index contributed by atoms with van der Waals surface area (Å²) in [4.78, 5) is 38.4. The van der Waals surface area contributed by atoms with Gasteiger partial charge in [-0.2, -0.15) is 0 Å². The Morgan fingerprint density at radius 3 is 2.68 bits per heavy atom. The van der Waals surface area contributed by atoms with Crippen LogP contribution in [0.5, 0.6) is 5.75 Å². The van der Waals surface area contributed by atoms with Gasteiger partial charge in [-0.05, 0) is 43.0 Å². The second kappa shape index (κ2) is 6.74. The van der Waals surface area contributed by atoms with Gasteiger partial charge in [0.2, 0.25) is 5.91 Å². The van der Waals surface area contributed by atoms with E-state index >= 15 is 0 Å². The Morgan fingerprint density at radius 2 is 2.04 bits per heavy atom. The molecule has 1 aromatic carbocycles. The largest absolute Gasteiger partial charge is 0.497 e. The zero-order chi connectivity index (χ0) is 18.0. The summed E-state index contributed by atoms with van der Waals surface area (Å²) in [5.74, 6) is 0.0661. The number of nitrogens with one attached hydrogen (secondary N) is 2. The third-order valence-corrected chi connectivity index (χ3v) is 5.18. The molecule has 25 heavy (non-hydrogen) atoms. The molecule has 1 saturated carbocycles. The number of hydrogen-bond acceptors (Lipinski definition) is 4. The molecular weight excluding hydrogens is 322 g/mol. The highest BCUT2D eigenvalue weighted by atomic mass is 16.5. The molecule has 7 heteroatoms. The van der Waals surface area contributed by atoms with Crippen molar-refractivity contribution in [2.24, 2.45) is 5.92 Å². The molecule has 1 spiro atoms. The first kappa shape index (κ1) is 17.3. The van der Waals surface area contributed by atoms with Crippen molar-refractivity contribution >= 4 is 23.5 Å². The minimum atomic E-state index is -0.838. The van der Waals surface area contributed by atoms with Crippen molar-refractivity contribution in [2.75, 3.05) is 19.0 Å². The van der Waals surface area contributed by atoms with E-state index in [-0.39, 0.29) is 18.4 Å². The molecule has 0 bridgehead atoms. The Labute approximate surface area is 146 Å². The molecule has 134 valence electrons. The van der Waals surface area contributed by atoms with Gasteiger partial charge < -0.3 is 15.4 Å². The quantitative estimate of drug-likeness (QED) is 0.819. The fourth-order valence-corrected chi connectivity index (χ4v) is 3.66. The van der Waals surface area contributed by atoms with E-state index in [0.29, 0.717) is 17.9 Å². The minimum absolute atomic E-state index is 0.0762. The molecule has 0 aromatic heterocycles. The zero-order valence-electron chi connectivity index (χ0n) is 14.5. The number of carbonyl (C=O) groups excluding carboxylic acids is 3. The number of anilines is 1. The lowest BCUT2D eigenvalue weighted by atomic mass is 9.73. The van der Waals surface area contributed by atoms with Crippen LogP contribution in [0.1, 0.15) is 32.6 Å². The highest BCUT2D eigenvalue weighted by molar-refractivity contribution is 6.10. The molecular formula is C18H23N3O4. The van der Waals surface area contributed by atoms with Crippen LogP contribution in [-0.4, -0.2) is 41.9 Å². The fraction of sp³-hybridized carbons (Fsp3) is 0.500. The summed E-state index contributed by atoms with van der Waals surface area (Å²) in [7, 11) is 1.56. The molecule has 3 rings (SSSR count). The van der Waals surface area contributed by atoms with E-state index in [1.165, 1.54) is 0 Å². The second-order valence-corrected chi connectivity index (χ2v) is 6.72. The summed E-state index contributed by atoms with van der Waals surface area (Å²) in [5, 5.41) is 5.54. The van der Waals surface area contributed by atoms with Gasteiger partial charge in [0, 0.05) is 5.69 Å². The van der Waals surface area contributed by atoms with Crippen LogP contribution in [0.3, 0.4) is 0 Å². The van der Waals surface area contributed by atoms with Crippen LogP contribution >= 0.6 is 0 Å². The summed E-state index contributed by atoms with van der Waals surface area (Å²) in [6.07, 6.45) is 3.50. The van der Waals surface area contributed by atoms with Crippen LogP contribution in [0.15, 0.2) is 24.3 Å². The number of carbonyl (C=O) groups is 3. The van der Waals surface area contributed by atoms with Gasteiger partial charge in [-0.25, -0.2) is 4.79 Å². The van der Waals surface area contributed by atoms with Crippen molar-refractivity contribution in [2.45, 2.75) is 38.1 Å². The predicted octanol–water partition coefficient (Wildman–Crippen LogP) is 2.13. The maximum Gasteiger partial charge on any atom is 0.325 e. The van der Waals surface area contributed by atoms with Crippen molar-refractivity contribution in [3.63, 3.8) is 0 Å². The lowest BCUT2D eigenvalue weighted by molar-refractivity contribution is -0.136. The first-order chi connectivity index (χ1) is 12.0. The third kappa shape index (κ3) is 3.18. The van der Waals surface area contributed by atoms with Crippen LogP contribution in [0.25, 0.3) is 0 Å². The number of nitrogens with zero attached hydrogens (tertiary/aromatic N) is 1. The van der Waals surface area contributed by atoms with E-state index in [1.54, 1.807) is 31.4 Å². The Kier molecular flexibility index (Phi) is 4.65. The Balaban J connectivity index is 1.66. The number of imide groups is 1. The summed E-state index contributed by atoms with van der Waals surface area (Å²) in [6.45, 7) is 1.70. The van der Waals surface area contributed by atoms with Crippen molar-refractivity contribution in [1.82, 2.24) is 10.2 Å². The van der Waals surface area contributed by atoms with E-state index in [0.717, 1.165) is 24.2 Å². The molecule has 1 aliphatic heterocycles. The standard InChI is InChI=1S/C18H23N3O4/c1-12-5-3-4-10-18(12)16(23)21(17(24)20-18)11-15(22)19-13-6-8-14(25-2)9-7-13/h6-9,12H,3-5,10-11H2,1-2H3,(H,19,22)(H,20,24). The maximum atomic E-state index is 12.8. The molecule has 2 aliphatic rings. The van der Waals surface area contributed by atoms with Crippen LogP contribution in [0, 0.1) is 5.92 Å². The summed E-state index contributed by atoms with van der Waals surface area (Å²) in [5.41, 5.74) is -0.256. The molecule has 4 amide bonds. The Morgan fingerprint density at radius 1 is 1.32 bits per heavy atom. The Bertz CT molecular complexity index is 688. The number of rotatable bonds is 4. The zero-order valence-corrected chi connectivity index (χ0v) is 14.5. The number of benzene rings is 1.